The molecule has 72 valence electrons. The lowest BCUT2D eigenvalue weighted by atomic mass is 10.4. The van der Waals surface area contributed by atoms with Crippen molar-refractivity contribution in [2.45, 2.75) is 12.8 Å². The van der Waals surface area contributed by atoms with E-state index in [1.165, 1.54) is 0 Å². The second kappa shape index (κ2) is 8.49. The molecule has 0 saturated heterocycles. The molecular formula is C8H18N2O2. The van der Waals surface area contributed by atoms with Crippen molar-refractivity contribution in [3.8, 4) is 0 Å². The van der Waals surface area contributed by atoms with Crippen molar-refractivity contribution < 1.29 is 9.53 Å². The van der Waals surface area contributed by atoms with Gasteiger partial charge >= 0.3 is 0 Å². The summed E-state index contributed by atoms with van der Waals surface area (Å²) in [4.78, 5) is 11.0. The number of hydrogen-bond acceptors (Lipinski definition) is 3. The molecule has 0 aromatic carbocycles. The van der Waals surface area contributed by atoms with E-state index in [-0.39, 0.29) is 5.91 Å². The molecule has 0 radical (unpaired) electrons. The second-order valence-corrected chi connectivity index (χ2v) is 2.55. The molecule has 4 heteroatoms. The first kappa shape index (κ1) is 11.4. The molecule has 0 heterocycles. The molecule has 0 aliphatic carbocycles. The molecule has 0 aliphatic rings. The van der Waals surface area contributed by atoms with E-state index in [4.69, 9.17) is 4.74 Å². The van der Waals surface area contributed by atoms with Gasteiger partial charge in [0.1, 0.15) is 0 Å². The van der Waals surface area contributed by atoms with E-state index in [0.29, 0.717) is 13.0 Å². The van der Waals surface area contributed by atoms with Crippen LogP contribution >= 0.6 is 0 Å². The number of amides is 1. The third kappa shape index (κ3) is 7.50. The van der Waals surface area contributed by atoms with Crippen LogP contribution < -0.4 is 10.6 Å². The van der Waals surface area contributed by atoms with E-state index >= 15 is 0 Å². The van der Waals surface area contributed by atoms with Crippen molar-refractivity contribution in [2.24, 2.45) is 0 Å². The van der Waals surface area contributed by atoms with Gasteiger partial charge in [0.05, 0.1) is 6.61 Å². The summed E-state index contributed by atoms with van der Waals surface area (Å²) < 4.78 is 4.77. The number of carbonyl (C=O) groups is 1. The maximum atomic E-state index is 11.0. The molecule has 0 bridgehead atoms. The summed E-state index contributed by atoms with van der Waals surface area (Å²) in [6.07, 6.45) is 1.42. The Balaban J connectivity index is 3.08. The number of carbonyl (C=O) groups excluding carboxylic acids is 1. The normalized spacial score (nSPS) is 9.83. The molecule has 0 aliphatic heterocycles. The molecule has 2 N–H and O–H groups in total. The molecule has 0 unspecified atom stereocenters. The fourth-order valence-corrected chi connectivity index (χ4v) is 0.776. The van der Waals surface area contributed by atoms with Gasteiger partial charge in [0.25, 0.3) is 0 Å². The minimum absolute atomic E-state index is 0.0629. The maximum absolute atomic E-state index is 11.0. The summed E-state index contributed by atoms with van der Waals surface area (Å²) in [5, 5.41) is 5.80. The average molecular weight is 174 g/mol. The SMILES string of the molecule is CNCCCNC(=O)CCOC. The van der Waals surface area contributed by atoms with Crippen LogP contribution in [-0.2, 0) is 9.53 Å². The van der Waals surface area contributed by atoms with Gasteiger partial charge in [0.2, 0.25) is 5.91 Å². The third-order valence-corrected chi connectivity index (χ3v) is 1.46. The van der Waals surface area contributed by atoms with Gasteiger partial charge in [0.15, 0.2) is 0 Å². The van der Waals surface area contributed by atoms with Gasteiger partial charge in [-0.2, -0.15) is 0 Å². The van der Waals surface area contributed by atoms with Crippen molar-refractivity contribution in [3.63, 3.8) is 0 Å². The van der Waals surface area contributed by atoms with Crippen molar-refractivity contribution in [3.05, 3.63) is 0 Å². The maximum Gasteiger partial charge on any atom is 0.222 e. The van der Waals surface area contributed by atoms with Gasteiger partial charge in [-0.3, -0.25) is 4.79 Å². The van der Waals surface area contributed by atoms with E-state index in [2.05, 4.69) is 10.6 Å². The van der Waals surface area contributed by atoms with Gasteiger partial charge in [-0.25, -0.2) is 0 Å². The topological polar surface area (TPSA) is 50.4 Å². The summed E-state index contributed by atoms with van der Waals surface area (Å²) in [6, 6.07) is 0. The van der Waals surface area contributed by atoms with Crippen LogP contribution in [-0.4, -0.2) is 39.8 Å². The predicted octanol–water partition coefficient (Wildman–Crippen LogP) is -0.251. The summed E-state index contributed by atoms with van der Waals surface area (Å²) in [5.41, 5.74) is 0. The summed E-state index contributed by atoms with van der Waals surface area (Å²) in [5.74, 6) is 0.0629. The van der Waals surface area contributed by atoms with E-state index in [9.17, 15) is 4.79 Å². The van der Waals surface area contributed by atoms with E-state index in [1.807, 2.05) is 7.05 Å². The van der Waals surface area contributed by atoms with Gasteiger partial charge in [-0.1, -0.05) is 0 Å². The van der Waals surface area contributed by atoms with Crippen LogP contribution in [0.25, 0.3) is 0 Å². The highest BCUT2D eigenvalue weighted by Gasteiger charge is 1.97. The predicted molar refractivity (Wildman–Crippen MR) is 48.0 cm³/mol. The molecule has 0 fully saturated rings. The lowest BCUT2D eigenvalue weighted by Crippen LogP contribution is -2.27. The molecule has 0 rings (SSSR count). The first-order chi connectivity index (χ1) is 5.81. The zero-order valence-corrected chi connectivity index (χ0v) is 7.85. The fourth-order valence-electron chi connectivity index (χ4n) is 0.776. The Morgan fingerprint density at radius 2 is 2.17 bits per heavy atom. The minimum Gasteiger partial charge on any atom is -0.384 e. The van der Waals surface area contributed by atoms with Gasteiger partial charge in [-0.15, -0.1) is 0 Å². The van der Waals surface area contributed by atoms with Crippen LogP contribution in [0.15, 0.2) is 0 Å². The monoisotopic (exact) mass is 174 g/mol. The molecule has 4 nitrogen and oxygen atoms in total. The second-order valence-electron chi connectivity index (χ2n) is 2.55. The Labute approximate surface area is 73.7 Å². The van der Waals surface area contributed by atoms with Crippen molar-refractivity contribution in [1.29, 1.82) is 0 Å². The van der Waals surface area contributed by atoms with Crippen LogP contribution in [0.5, 0.6) is 0 Å². The fraction of sp³-hybridized carbons (Fsp3) is 0.875. The zero-order valence-electron chi connectivity index (χ0n) is 7.85. The van der Waals surface area contributed by atoms with E-state index in [0.717, 1.165) is 19.5 Å². The Morgan fingerprint density at radius 3 is 2.75 bits per heavy atom. The number of hydrogen-bond donors (Lipinski definition) is 2. The Hall–Kier alpha value is -0.610. The molecule has 0 saturated carbocycles. The Kier molecular flexibility index (Phi) is 8.05. The molecule has 1 amide bonds. The number of ether oxygens (including phenoxy) is 1. The highest BCUT2D eigenvalue weighted by atomic mass is 16.5. The van der Waals surface area contributed by atoms with Gasteiger partial charge in [0, 0.05) is 20.1 Å². The zero-order chi connectivity index (χ0) is 9.23. The van der Waals surface area contributed by atoms with E-state index < -0.39 is 0 Å². The third-order valence-electron chi connectivity index (χ3n) is 1.46. The molecule has 0 atom stereocenters. The molecule has 12 heavy (non-hydrogen) atoms. The molecule has 0 spiro atoms. The van der Waals surface area contributed by atoms with Crippen LogP contribution in [0.2, 0.25) is 0 Å². The smallest absolute Gasteiger partial charge is 0.222 e. The Morgan fingerprint density at radius 1 is 1.42 bits per heavy atom. The standard InChI is InChI=1S/C8H18N2O2/c1-9-5-3-6-10-8(11)4-7-12-2/h9H,3-7H2,1-2H3,(H,10,11). The first-order valence-electron chi connectivity index (χ1n) is 4.21. The molecule has 0 aromatic heterocycles. The summed E-state index contributed by atoms with van der Waals surface area (Å²) in [6.45, 7) is 2.17. The summed E-state index contributed by atoms with van der Waals surface area (Å²) in [7, 11) is 3.49. The molecular weight excluding hydrogens is 156 g/mol. The lowest BCUT2D eigenvalue weighted by molar-refractivity contribution is -0.121. The van der Waals surface area contributed by atoms with Crippen molar-refractivity contribution in [1.82, 2.24) is 10.6 Å². The lowest BCUT2D eigenvalue weighted by Gasteiger charge is -2.03. The van der Waals surface area contributed by atoms with Gasteiger partial charge in [-0.05, 0) is 20.0 Å². The van der Waals surface area contributed by atoms with Crippen molar-refractivity contribution >= 4 is 5.91 Å². The largest absolute Gasteiger partial charge is 0.384 e. The highest BCUT2D eigenvalue weighted by molar-refractivity contribution is 5.75. The van der Waals surface area contributed by atoms with Crippen LogP contribution in [0, 0.1) is 0 Å². The quantitative estimate of drug-likeness (QED) is 0.523. The minimum atomic E-state index is 0.0629. The van der Waals surface area contributed by atoms with Crippen LogP contribution in [0.1, 0.15) is 12.8 Å². The van der Waals surface area contributed by atoms with Crippen LogP contribution in [0.3, 0.4) is 0 Å². The Bertz CT molecular complexity index is 118. The van der Waals surface area contributed by atoms with Gasteiger partial charge < -0.3 is 15.4 Å². The van der Waals surface area contributed by atoms with Crippen LogP contribution in [0.4, 0.5) is 0 Å². The molecule has 0 aromatic rings. The number of rotatable bonds is 7. The van der Waals surface area contributed by atoms with Crippen molar-refractivity contribution in [2.75, 3.05) is 33.9 Å². The van der Waals surface area contributed by atoms with E-state index in [1.54, 1.807) is 7.11 Å². The first-order valence-corrected chi connectivity index (χ1v) is 4.21. The average Bonchev–Trinajstić information content (AvgIpc) is 2.09. The highest BCUT2D eigenvalue weighted by Crippen LogP contribution is 1.80. The summed E-state index contributed by atoms with van der Waals surface area (Å²) >= 11 is 0. The number of methoxy groups -OCH3 is 1. The number of nitrogens with one attached hydrogen (secondary N) is 2.